The Kier molecular flexibility index (Phi) is 8.42. The maximum Gasteiger partial charge on any atom is 0.302 e. The second kappa shape index (κ2) is 11.4. The summed E-state index contributed by atoms with van der Waals surface area (Å²) in [6.45, 7) is 17.7. The smallest absolute Gasteiger partial charge is 0.302 e. The van der Waals surface area contributed by atoms with Gasteiger partial charge in [0.1, 0.15) is 36.6 Å². The van der Waals surface area contributed by atoms with E-state index in [2.05, 4.69) is 54.5 Å². The van der Waals surface area contributed by atoms with Crippen LogP contribution in [0.1, 0.15) is 93.9 Å². The van der Waals surface area contributed by atoms with E-state index in [0.29, 0.717) is 30.6 Å². The van der Waals surface area contributed by atoms with Gasteiger partial charge in [0.25, 0.3) is 0 Å². The molecule has 7 rings (SSSR count). The number of fused-ring (bicyclic) bond motifs is 5. The fourth-order valence-corrected chi connectivity index (χ4v) is 13.6. The van der Waals surface area contributed by atoms with E-state index in [1.165, 1.54) is 12.5 Å². The Morgan fingerprint density at radius 1 is 1.00 bits per heavy atom. The average molecular weight is 677 g/mol. The molecule has 2 aliphatic heterocycles. The summed E-state index contributed by atoms with van der Waals surface area (Å²) >= 11 is 0. The molecule has 0 radical (unpaired) electrons. The summed E-state index contributed by atoms with van der Waals surface area (Å²) < 4.78 is 24.9. The molecule has 10 heteroatoms. The lowest BCUT2D eigenvalue weighted by Gasteiger charge is -2.70. The third kappa shape index (κ3) is 4.55. The van der Waals surface area contributed by atoms with Crippen LogP contribution in [0.2, 0.25) is 0 Å². The summed E-state index contributed by atoms with van der Waals surface area (Å²) in [5, 5.41) is 53.9. The van der Waals surface area contributed by atoms with Crippen LogP contribution in [0.15, 0.2) is 11.6 Å². The van der Waals surface area contributed by atoms with Crippen molar-refractivity contribution < 1.29 is 49.3 Å². The molecule has 3 unspecified atom stereocenters. The summed E-state index contributed by atoms with van der Waals surface area (Å²) in [5.74, 6) is 1.19. The molecule has 2 bridgehead atoms. The van der Waals surface area contributed by atoms with Crippen molar-refractivity contribution in [2.45, 2.75) is 149 Å². The molecule has 6 fully saturated rings. The second-order valence-electron chi connectivity index (χ2n) is 18.5. The van der Waals surface area contributed by atoms with Crippen molar-refractivity contribution in [2.24, 2.45) is 56.7 Å². The van der Waals surface area contributed by atoms with E-state index in [-0.39, 0.29) is 34.2 Å². The highest BCUT2D eigenvalue weighted by atomic mass is 16.7. The van der Waals surface area contributed by atoms with Crippen LogP contribution in [0.4, 0.5) is 0 Å². The molecule has 7 aliphatic rings. The number of rotatable bonds is 5. The van der Waals surface area contributed by atoms with E-state index >= 15 is 0 Å². The van der Waals surface area contributed by atoms with Crippen LogP contribution >= 0.6 is 0 Å². The van der Waals surface area contributed by atoms with Crippen molar-refractivity contribution in [3.8, 4) is 0 Å². The standard InChI is InChI=1S/C38H60O10/c1-18(2)21-13-23-31-37(8)10-9-20-27(36(37,7)11-12-38(21,31)17-45-23)22(41)14-26-34(4,5)32(24(46-19(3)40)15-35(20,26)6)48-33-30(44)29(43)28(42)25(16-39)47-33/h9,18,21-33,39,41-44H,10-17H2,1-8H3/t21-,22-,23?,24+,25+,26?,27-,28+,29-,30+,31?,32-,33-,35+,36-,37+,38+/m0/s1. The quantitative estimate of drug-likeness (QED) is 0.166. The molecular weight excluding hydrogens is 616 g/mol. The van der Waals surface area contributed by atoms with Gasteiger partial charge >= 0.3 is 5.97 Å². The number of aliphatic hydroxyl groups is 5. The number of allylic oxidation sites excluding steroid dienone is 1. The Hall–Kier alpha value is -1.11. The molecule has 0 aromatic rings. The van der Waals surface area contributed by atoms with E-state index < -0.39 is 72.4 Å². The van der Waals surface area contributed by atoms with Gasteiger partial charge < -0.3 is 44.5 Å². The molecule has 0 aromatic carbocycles. The van der Waals surface area contributed by atoms with Gasteiger partial charge in [0.15, 0.2) is 6.29 Å². The van der Waals surface area contributed by atoms with Gasteiger partial charge in [-0.05, 0) is 83.9 Å². The van der Waals surface area contributed by atoms with Crippen molar-refractivity contribution >= 4 is 5.97 Å². The number of hydrogen-bond donors (Lipinski definition) is 5. The van der Waals surface area contributed by atoms with E-state index in [0.717, 1.165) is 32.3 Å². The molecule has 17 atom stereocenters. The molecule has 2 heterocycles. The van der Waals surface area contributed by atoms with E-state index in [1.807, 2.05) is 0 Å². The second-order valence-corrected chi connectivity index (χ2v) is 18.5. The Morgan fingerprint density at radius 3 is 2.35 bits per heavy atom. The topological polar surface area (TPSA) is 155 Å². The molecule has 0 aromatic heterocycles. The fourth-order valence-electron chi connectivity index (χ4n) is 13.6. The van der Waals surface area contributed by atoms with Crippen molar-refractivity contribution in [3.05, 3.63) is 11.6 Å². The Balaban J connectivity index is 1.25. The predicted molar refractivity (Wildman–Crippen MR) is 175 cm³/mol. The van der Waals surface area contributed by atoms with Crippen LogP contribution in [0, 0.1) is 56.7 Å². The first-order chi connectivity index (χ1) is 22.4. The third-order valence-electron chi connectivity index (χ3n) is 15.8. The molecule has 10 nitrogen and oxygen atoms in total. The van der Waals surface area contributed by atoms with Gasteiger partial charge in [0.2, 0.25) is 0 Å². The Labute approximate surface area is 285 Å². The molecular formula is C38H60O10. The first-order valence-corrected chi connectivity index (χ1v) is 18.5. The lowest BCUT2D eigenvalue weighted by molar-refractivity contribution is -0.337. The molecule has 5 N–H and O–H groups in total. The Bertz CT molecular complexity index is 1310. The van der Waals surface area contributed by atoms with Crippen LogP contribution in [0.25, 0.3) is 0 Å². The summed E-state index contributed by atoms with van der Waals surface area (Å²) in [5.41, 5.74) is 0.218. The fraction of sp³-hybridized carbons (Fsp3) is 0.921. The number of esters is 1. The molecule has 48 heavy (non-hydrogen) atoms. The maximum absolute atomic E-state index is 12.6. The highest BCUT2D eigenvalue weighted by molar-refractivity contribution is 5.66. The average Bonchev–Trinajstić information content (AvgIpc) is 3.56. The number of aliphatic hydroxyl groups excluding tert-OH is 5. The van der Waals surface area contributed by atoms with E-state index in [9.17, 15) is 30.3 Å². The van der Waals surface area contributed by atoms with Gasteiger partial charge in [-0.3, -0.25) is 4.79 Å². The summed E-state index contributed by atoms with van der Waals surface area (Å²) in [6, 6.07) is 0. The molecule has 4 saturated carbocycles. The molecule has 0 amide bonds. The van der Waals surface area contributed by atoms with Gasteiger partial charge in [-0.25, -0.2) is 0 Å². The van der Waals surface area contributed by atoms with Crippen molar-refractivity contribution in [1.29, 1.82) is 0 Å². The van der Waals surface area contributed by atoms with E-state index in [4.69, 9.17) is 18.9 Å². The van der Waals surface area contributed by atoms with Gasteiger partial charge in [0.05, 0.1) is 25.4 Å². The number of carbonyl (C=O) groups excluding carboxylic acids is 1. The number of carbonyl (C=O) groups is 1. The van der Waals surface area contributed by atoms with Crippen LogP contribution < -0.4 is 0 Å². The van der Waals surface area contributed by atoms with Gasteiger partial charge in [-0.2, -0.15) is 0 Å². The number of ether oxygens (including phenoxy) is 4. The molecule has 272 valence electrons. The van der Waals surface area contributed by atoms with Crippen LogP contribution in [0.3, 0.4) is 0 Å². The minimum absolute atomic E-state index is 0.0252. The van der Waals surface area contributed by atoms with E-state index in [1.54, 1.807) is 0 Å². The maximum atomic E-state index is 12.6. The zero-order chi connectivity index (χ0) is 34.9. The van der Waals surface area contributed by atoms with Crippen LogP contribution in [0.5, 0.6) is 0 Å². The molecule has 5 aliphatic carbocycles. The zero-order valence-electron chi connectivity index (χ0n) is 30.1. The molecule has 0 spiro atoms. The summed E-state index contributed by atoms with van der Waals surface area (Å²) in [7, 11) is 0. The predicted octanol–water partition coefficient (Wildman–Crippen LogP) is 3.35. The first-order valence-electron chi connectivity index (χ1n) is 18.5. The largest absolute Gasteiger partial charge is 0.460 e. The summed E-state index contributed by atoms with van der Waals surface area (Å²) in [6.07, 6.45) is -1.26. The lowest BCUT2D eigenvalue weighted by Crippen LogP contribution is -2.68. The SMILES string of the molecule is CC(=O)O[C@@H]1C[C@]2(C)C3=CC[C@]4(C)C5C6C[C@@H](C(C)C)[C@@]5(CC[C@@]4(C)[C@@H]3[C@@H](O)CC2C(C)(C)[C@H]1O[C@@H]1O[C@H](CO)[C@@H](O)[C@H](O)[C@H]1O)CO6. The zero-order valence-corrected chi connectivity index (χ0v) is 30.1. The summed E-state index contributed by atoms with van der Waals surface area (Å²) in [4.78, 5) is 12.6. The van der Waals surface area contributed by atoms with Crippen molar-refractivity contribution in [1.82, 2.24) is 0 Å². The van der Waals surface area contributed by atoms with Crippen molar-refractivity contribution in [3.63, 3.8) is 0 Å². The van der Waals surface area contributed by atoms with Crippen molar-refractivity contribution in [2.75, 3.05) is 13.2 Å². The third-order valence-corrected chi connectivity index (χ3v) is 15.8. The molecule has 2 saturated heterocycles. The van der Waals surface area contributed by atoms with Gasteiger partial charge in [-0.1, -0.05) is 60.1 Å². The monoisotopic (exact) mass is 676 g/mol. The normalized spacial score (nSPS) is 55.3. The highest BCUT2D eigenvalue weighted by Gasteiger charge is 2.75. The minimum atomic E-state index is -1.59. The van der Waals surface area contributed by atoms with Crippen LogP contribution in [-0.2, 0) is 23.7 Å². The number of hydrogen-bond acceptors (Lipinski definition) is 10. The van der Waals surface area contributed by atoms with Crippen LogP contribution in [-0.4, -0.2) is 99.8 Å². The highest BCUT2D eigenvalue weighted by Crippen LogP contribution is 2.78. The van der Waals surface area contributed by atoms with Gasteiger partial charge in [0, 0.05) is 18.3 Å². The van der Waals surface area contributed by atoms with Gasteiger partial charge in [-0.15, -0.1) is 0 Å². The Morgan fingerprint density at radius 2 is 1.71 bits per heavy atom. The minimum Gasteiger partial charge on any atom is -0.460 e. The first kappa shape index (κ1) is 35.3. The lowest BCUT2D eigenvalue weighted by atomic mass is 9.35.